The van der Waals surface area contributed by atoms with Crippen molar-refractivity contribution < 1.29 is 17.9 Å². The van der Waals surface area contributed by atoms with Crippen molar-refractivity contribution in [3.63, 3.8) is 0 Å². The predicted molar refractivity (Wildman–Crippen MR) is 99.9 cm³/mol. The predicted octanol–water partition coefficient (Wildman–Crippen LogP) is 3.51. The van der Waals surface area contributed by atoms with Gasteiger partial charge in [0, 0.05) is 54.4 Å². The van der Waals surface area contributed by atoms with Gasteiger partial charge in [-0.05, 0) is 31.2 Å². The number of aryl methyl sites for hydroxylation is 2. The first-order valence-corrected chi connectivity index (χ1v) is 8.73. The fraction of sp³-hybridized carbons (Fsp3) is 0.211. The van der Waals surface area contributed by atoms with Gasteiger partial charge < -0.3 is 4.74 Å². The molecule has 150 valence electrons. The van der Waals surface area contributed by atoms with Crippen molar-refractivity contribution in [2.24, 2.45) is 7.05 Å². The maximum absolute atomic E-state index is 13.0. The van der Waals surface area contributed by atoms with Crippen molar-refractivity contribution in [2.75, 3.05) is 0 Å². The van der Waals surface area contributed by atoms with Crippen LogP contribution in [-0.2, 0) is 13.6 Å². The fourth-order valence-electron chi connectivity index (χ4n) is 3.10. The molecule has 0 bridgehead atoms. The SMILES string of the molecule is CCn1cc2c(-c3cnn(C)c3)cn(-c3ccc(OC(F)(F)F)cc3)c(=O)c2n1. The van der Waals surface area contributed by atoms with Crippen LogP contribution in [-0.4, -0.2) is 30.5 Å². The highest BCUT2D eigenvalue weighted by Gasteiger charge is 2.31. The minimum Gasteiger partial charge on any atom is -0.406 e. The second-order valence-corrected chi connectivity index (χ2v) is 6.41. The zero-order chi connectivity index (χ0) is 20.8. The van der Waals surface area contributed by atoms with Gasteiger partial charge in [-0.15, -0.1) is 13.2 Å². The van der Waals surface area contributed by atoms with Gasteiger partial charge in [0.2, 0.25) is 0 Å². The number of alkyl halides is 3. The number of nitrogens with zero attached hydrogens (tertiary/aromatic N) is 5. The normalized spacial score (nSPS) is 11.9. The Balaban J connectivity index is 1.88. The number of benzene rings is 1. The molecule has 0 fully saturated rings. The third-order valence-corrected chi connectivity index (χ3v) is 4.42. The van der Waals surface area contributed by atoms with E-state index < -0.39 is 6.36 Å². The summed E-state index contributed by atoms with van der Waals surface area (Å²) in [5.41, 5.74) is 1.82. The van der Waals surface area contributed by atoms with Gasteiger partial charge in [0.1, 0.15) is 5.75 Å². The van der Waals surface area contributed by atoms with E-state index >= 15 is 0 Å². The van der Waals surface area contributed by atoms with E-state index in [1.165, 1.54) is 16.7 Å². The standard InChI is InChI=1S/C19H16F3N5O2/c1-3-26-10-16-15(12-8-23-25(2)9-12)11-27(18(28)17(16)24-26)13-4-6-14(7-5-13)29-19(20,21)22/h4-11H,3H2,1-2H3. The summed E-state index contributed by atoms with van der Waals surface area (Å²) >= 11 is 0. The Morgan fingerprint density at radius 2 is 1.83 bits per heavy atom. The van der Waals surface area contributed by atoms with Crippen LogP contribution in [0.1, 0.15) is 6.92 Å². The first kappa shape index (κ1) is 18.8. The average Bonchev–Trinajstić information content (AvgIpc) is 3.28. The third-order valence-electron chi connectivity index (χ3n) is 4.42. The van der Waals surface area contributed by atoms with Gasteiger partial charge in [-0.1, -0.05) is 0 Å². The van der Waals surface area contributed by atoms with E-state index in [1.54, 1.807) is 35.0 Å². The van der Waals surface area contributed by atoms with Crippen molar-refractivity contribution in [1.29, 1.82) is 0 Å². The molecule has 0 amide bonds. The van der Waals surface area contributed by atoms with E-state index in [4.69, 9.17) is 0 Å². The summed E-state index contributed by atoms with van der Waals surface area (Å²) < 4.78 is 45.7. The third kappa shape index (κ3) is 3.60. The maximum atomic E-state index is 13.0. The average molecular weight is 403 g/mol. The quantitative estimate of drug-likeness (QED) is 0.523. The Morgan fingerprint density at radius 1 is 1.10 bits per heavy atom. The lowest BCUT2D eigenvalue weighted by Gasteiger charge is -2.11. The molecule has 7 nitrogen and oxygen atoms in total. The van der Waals surface area contributed by atoms with Crippen LogP contribution in [0.3, 0.4) is 0 Å². The highest BCUT2D eigenvalue weighted by atomic mass is 19.4. The van der Waals surface area contributed by atoms with E-state index in [2.05, 4.69) is 14.9 Å². The number of hydrogen-bond acceptors (Lipinski definition) is 4. The van der Waals surface area contributed by atoms with Crippen LogP contribution in [0, 0.1) is 0 Å². The number of aromatic nitrogens is 5. The lowest BCUT2D eigenvalue weighted by molar-refractivity contribution is -0.274. The fourth-order valence-corrected chi connectivity index (χ4v) is 3.10. The second-order valence-electron chi connectivity index (χ2n) is 6.41. The van der Waals surface area contributed by atoms with Crippen LogP contribution in [0.25, 0.3) is 27.7 Å². The number of rotatable bonds is 4. The molecule has 0 aliphatic rings. The Labute approximate surface area is 162 Å². The van der Waals surface area contributed by atoms with Crippen LogP contribution in [0.4, 0.5) is 13.2 Å². The molecule has 0 N–H and O–H groups in total. The number of hydrogen-bond donors (Lipinski definition) is 0. The van der Waals surface area contributed by atoms with Crippen LogP contribution in [0.5, 0.6) is 5.75 Å². The summed E-state index contributed by atoms with van der Waals surface area (Å²) in [6.45, 7) is 2.50. The Morgan fingerprint density at radius 3 is 2.41 bits per heavy atom. The number of ether oxygens (including phenoxy) is 1. The zero-order valence-electron chi connectivity index (χ0n) is 15.5. The van der Waals surface area contributed by atoms with Crippen molar-refractivity contribution >= 4 is 10.9 Å². The van der Waals surface area contributed by atoms with Gasteiger partial charge in [0.05, 0.1) is 6.20 Å². The molecular formula is C19H16F3N5O2. The molecule has 0 saturated carbocycles. The Hall–Kier alpha value is -3.56. The van der Waals surface area contributed by atoms with Gasteiger partial charge in [0.15, 0.2) is 5.52 Å². The summed E-state index contributed by atoms with van der Waals surface area (Å²) in [7, 11) is 1.78. The smallest absolute Gasteiger partial charge is 0.406 e. The van der Waals surface area contributed by atoms with E-state index in [-0.39, 0.29) is 16.8 Å². The molecule has 0 unspecified atom stereocenters. The molecule has 4 aromatic rings. The summed E-state index contributed by atoms with van der Waals surface area (Å²) in [4.78, 5) is 13.0. The molecule has 0 atom stereocenters. The first-order chi connectivity index (χ1) is 13.7. The molecule has 0 aliphatic carbocycles. The topological polar surface area (TPSA) is 66.9 Å². The van der Waals surface area contributed by atoms with E-state index in [0.29, 0.717) is 17.6 Å². The van der Waals surface area contributed by atoms with E-state index in [0.717, 1.165) is 23.3 Å². The van der Waals surface area contributed by atoms with E-state index in [9.17, 15) is 18.0 Å². The van der Waals surface area contributed by atoms with Gasteiger partial charge >= 0.3 is 6.36 Å². The molecule has 10 heteroatoms. The van der Waals surface area contributed by atoms with Gasteiger partial charge in [0.25, 0.3) is 5.56 Å². The Kier molecular flexibility index (Phi) is 4.40. The summed E-state index contributed by atoms with van der Waals surface area (Å²) in [5.74, 6) is -0.363. The summed E-state index contributed by atoms with van der Waals surface area (Å²) in [6.07, 6.45) is 2.14. The van der Waals surface area contributed by atoms with Crippen molar-refractivity contribution in [2.45, 2.75) is 19.8 Å². The molecule has 29 heavy (non-hydrogen) atoms. The molecule has 4 rings (SSSR count). The number of halogens is 3. The summed E-state index contributed by atoms with van der Waals surface area (Å²) in [5, 5.41) is 9.21. The summed E-state index contributed by atoms with van der Waals surface area (Å²) in [6, 6.07) is 5.10. The van der Waals surface area contributed by atoms with E-state index in [1.807, 2.05) is 13.1 Å². The molecule has 0 spiro atoms. The molecule has 0 radical (unpaired) electrons. The van der Waals surface area contributed by atoms with Crippen LogP contribution in [0.2, 0.25) is 0 Å². The number of pyridine rings is 1. The molecule has 0 saturated heterocycles. The van der Waals surface area contributed by atoms with Gasteiger partial charge in [-0.3, -0.25) is 18.7 Å². The highest BCUT2D eigenvalue weighted by molar-refractivity contribution is 5.93. The lowest BCUT2D eigenvalue weighted by atomic mass is 10.1. The minimum absolute atomic E-state index is 0.267. The molecule has 3 heterocycles. The second kappa shape index (κ2) is 6.80. The largest absolute Gasteiger partial charge is 0.573 e. The molecule has 1 aromatic carbocycles. The van der Waals surface area contributed by atoms with Crippen LogP contribution < -0.4 is 10.3 Å². The molecule has 0 aliphatic heterocycles. The van der Waals surface area contributed by atoms with Crippen molar-refractivity contribution in [3.8, 4) is 22.6 Å². The lowest BCUT2D eigenvalue weighted by Crippen LogP contribution is -2.19. The first-order valence-electron chi connectivity index (χ1n) is 8.73. The maximum Gasteiger partial charge on any atom is 0.573 e. The van der Waals surface area contributed by atoms with Crippen LogP contribution in [0.15, 0.2) is 53.8 Å². The molecule has 3 aromatic heterocycles. The Bertz CT molecular complexity index is 1240. The van der Waals surface area contributed by atoms with Gasteiger partial charge in [-0.2, -0.15) is 10.2 Å². The number of fused-ring (bicyclic) bond motifs is 1. The zero-order valence-corrected chi connectivity index (χ0v) is 15.5. The van der Waals surface area contributed by atoms with Crippen LogP contribution >= 0.6 is 0 Å². The molecular weight excluding hydrogens is 387 g/mol. The van der Waals surface area contributed by atoms with Crippen molar-refractivity contribution in [3.05, 3.63) is 59.4 Å². The monoisotopic (exact) mass is 403 g/mol. The van der Waals surface area contributed by atoms with Crippen molar-refractivity contribution in [1.82, 2.24) is 24.1 Å². The van der Waals surface area contributed by atoms with Gasteiger partial charge in [-0.25, -0.2) is 0 Å². The highest BCUT2D eigenvalue weighted by Crippen LogP contribution is 2.28. The minimum atomic E-state index is -4.78.